The highest BCUT2D eigenvalue weighted by Crippen LogP contribution is 2.22. The predicted molar refractivity (Wildman–Crippen MR) is 108 cm³/mol. The van der Waals surface area contributed by atoms with Gasteiger partial charge in [0, 0.05) is 23.4 Å². The zero-order valence-corrected chi connectivity index (χ0v) is 16.0. The first-order valence-electron chi connectivity index (χ1n) is 9.14. The molecule has 1 heterocycles. The number of ether oxygens (including phenoxy) is 1. The van der Waals surface area contributed by atoms with Gasteiger partial charge in [-0.15, -0.1) is 0 Å². The lowest BCUT2D eigenvalue weighted by atomic mass is 10.1. The van der Waals surface area contributed by atoms with Crippen molar-refractivity contribution in [1.82, 2.24) is 0 Å². The number of nitrogens with two attached hydrogens (primary N) is 1. The van der Waals surface area contributed by atoms with Crippen LogP contribution >= 0.6 is 0 Å². The molecular formula is C21H22N3O5+. The lowest BCUT2D eigenvalue weighted by molar-refractivity contribution is -0.669. The number of nitrogens with zero attached hydrogens (tertiary/aromatic N) is 1. The molecule has 0 bridgehead atoms. The number of benzene rings is 2. The average molecular weight is 396 g/mol. The van der Waals surface area contributed by atoms with Crippen molar-refractivity contribution in [1.29, 1.82) is 0 Å². The lowest BCUT2D eigenvalue weighted by Crippen LogP contribution is -2.83. The van der Waals surface area contributed by atoms with Crippen LogP contribution in [-0.2, 0) is 11.3 Å². The van der Waals surface area contributed by atoms with Crippen LogP contribution in [0.25, 0.3) is 11.3 Å². The molecule has 2 aromatic carbocycles. The normalized spacial score (nSPS) is 10.5. The summed E-state index contributed by atoms with van der Waals surface area (Å²) in [4.78, 5) is 21.7. The molecule has 8 heteroatoms. The molecule has 0 fully saturated rings. The van der Waals surface area contributed by atoms with Crippen LogP contribution in [0.2, 0.25) is 0 Å². The predicted octanol–water partition coefficient (Wildman–Crippen LogP) is 2.82. The second-order valence-electron chi connectivity index (χ2n) is 6.35. The maximum absolute atomic E-state index is 11.5. The summed E-state index contributed by atoms with van der Waals surface area (Å²) in [5, 5.41) is 16.0. The van der Waals surface area contributed by atoms with Crippen LogP contribution in [0.4, 0.5) is 11.4 Å². The monoisotopic (exact) mass is 396 g/mol. The minimum atomic E-state index is -0.414. The first-order valence-corrected chi connectivity index (χ1v) is 9.14. The van der Waals surface area contributed by atoms with Gasteiger partial charge in [0.2, 0.25) is 0 Å². The van der Waals surface area contributed by atoms with E-state index in [4.69, 9.17) is 9.15 Å². The summed E-state index contributed by atoms with van der Waals surface area (Å²) in [6.07, 6.45) is 0. The zero-order valence-electron chi connectivity index (χ0n) is 16.0. The highest BCUT2D eigenvalue weighted by atomic mass is 16.6. The molecule has 0 aliphatic carbocycles. The number of carbonyl (C=O) groups is 1. The van der Waals surface area contributed by atoms with Crippen molar-refractivity contribution in [3.05, 3.63) is 82.1 Å². The first-order chi connectivity index (χ1) is 14.1. The number of non-ortho nitro benzene ring substituents is 1. The summed E-state index contributed by atoms with van der Waals surface area (Å²) >= 11 is 0. The fourth-order valence-electron chi connectivity index (χ4n) is 2.80. The van der Waals surface area contributed by atoms with E-state index < -0.39 is 4.92 Å². The van der Waals surface area contributed by atoms with E-state index in [1.54, 1.807) is 24.3 Å². The van der Waals surface area contributed by atoms with E-state index in [2.05, 4.69) is 10.6 Å². The van der Waals surface area contributed by atoms with Gasteiger partial charge in [0.05, 0.1) is 30.7 Å². The standard InChI is InChI=1S/C21H21N3O5/c1-28-21(25)16-4-2-15(3-5-16)20-11-10-19(29-20)14-22-12-13-23-17-6-8-18(9-7-17)24(26)27/h2-11,22-23H,12-14H2,1H3/p+1. The quantitative estimate of drug-likeness (QED) is 0.249. The SMILES string of the molecule is COC(=O)c1ccc(-c2ccc(C[NH2+]CCNc3ccc([N+](=O)[O-])cc3)o2)cc1. The van der Waals surface area contributed by atoms with Crippen LogP contribution in [0.15, 0.2) is 65.1 Å². The van der Waals surface area contributed by atoms with E-state index >= 15 is 0 Å². The van der Waals surface area contributed by atoms with E-state index in [-0.39, 0.29) is 11.7 Å². The number of nitro groups is 1. The molecule has 0 radical (unpaired) electrons. The van der Waals surface area contributed by atoms with Crippen molar-refractivity contribution in [2.45, 2.75) is 6.54 Å². The summed E-state index contributed by atoms with van der Waals surface area (Å²) in [5.41, 5.74) is 2.32. The van der Waals surface area contributed by atoms with E-state index in [1.165, 1.54) is 19.2 Å². The maximum Gasteiger partial charge on any atom is 0.337 e. The van der Waals surface area contributed by atoms with Gasteiger partial charge in [0.1, 0.15) is 12.3 Å². The Kier molecular flexibility index (Phi) is 6.59. The van der Waals surface area contributed by atoms with Crippen LogP contribution in [0.5, 0.6) is 0 Å². The van der Waals surface area contributed by atoms with Crippen LogP contribution in [0.1, 0.15) is 16.1 Å². The van der Waals surface area contributed by atoms with Gasteiger partial charge in [-0.05, 0) is 36.4 Å². The highest BCUT2D eigenvalue weighted by Gasteiger charge is 2.09. The topological polar surface area (TPSA) is 111 Å². The lowest BCUT2D eigenvalue weighted by Gasteiger charge is -2.05. The van der Waals surface area contributed by atoms with Gasteiger partial charge in [0.25, 0.3) is 5.69 Å². The largest absolute Gasteiger partial charge is 0.465 e. The van der Waals surface area contributed by atoms with Gasteiger partial charge >= 0.3 is 5.97 Å². The molecule has 0 aliphatic heterocycles. The van der Waals surface area contributed by atoms with Crippen molar-refractivity contribution in [3.8, 4) is 11.3 Å². The number of furan rings is 1. The molecule has 0 aliphatic rings. The van der Waals surface area contributed by atoms with Gasteiger partial charge < -0.3 is 19.8 Å². The number of nitro benzene ring substituents is 1. The van der Waals surface area contributed by atoms with Gasteiger partial charge in [-0.2, -0.15) is 0 Å². The van der Waals surface area contributed by atoms with Gasteiger partial charge in [-0.1, -0.05) is 12.1 Å². The Hall–Kier alpha value is -3.65. The third-order valence-corrected chi connectivity index (χ3v) is 4.35. The van der Waals surface area contributed by atoms with E-state index in [9.17, 15) is 14.9 Å². The van der Waals surface area contributed by atoms with Crippen molar-refractivity contribution in [2.75, 3.05) is 25.5 Å². The fourth-order valence-corrected chi connectivity index (χ4v) is 2.80. The van der Waals surface area contributed by atoms with E-state index in [0.717, 1.165) is 35.9 Å². The Morgan fingerprint density at radius 1 is 1.10 bits per heavy atom. The number of rotatable bonds is 9. The molecular weight excluding hydrogens is 374 g/mol. The van der Waals surface area contributed by atoms with Gasteiger partial charge in [-0.3, -0.25) is 10.1 Å². The molecule has 0 atom stereocenters. The summed E-state index contributed by atoms with van der Waals surface area (Å²) in [7, 11) is 1.35. The van der Waals surface area contributed by atoms with Crippen LogP contribution in [-0.4, -0.2) is 31.1 Å². The second-order valence-corrected chi connectivity index (χ2v) is 6.35. The molecule has 3 aromatic rings. The molecule has 29 heavy (non-hydrogen) atoms. The first kappa shape index (κ1) is 20.1. The third kappa shape index (κ3) is 5.43. The van der Waals surface area contributed by atoms with Crippen LogP contribution in [0, 0.1) is 10.1 Å². The van der Waals surface area contributed by atoms with Gasteiger partial charge in [0.15, 0.2) is 5.76 Å². The Labute approximate surface area is 167 Å². The number of hydrogen-bond acceptors (Lipinski definition) is 6. The molecule has 0 unspecified atom stereocenters. The number of esters is 1. The molecule has 150 valence electrons. The minimum absolute atomic E-state index is 0.0793. The summed E-state index contributed by atoms with van der Waals surface area (Å²) in [6.45, 7) is 2.24. The van der Waals surface area contributed by atoms with Crippen LogP contribution < -0.4 is 10.6 Å². The Balaban J connectivity index is 1.43. The van der Waals surface area contributed by atoms with Crippen molar-refractivity contribution < 1.29 is 24.2 Å². The molecule has 0 amide bonds. The number of nitrogens with one attached hydrogen (secondary N) is 1. The maximum atomic E-state index is 11.5. The van der Waals surface area contributed by atoms with Gasteiger partial charge in [-0.25, -0.2) is 4.79 Å². The number of methoxy groups -OCH3 is 1. The molecule has 3 N–H and O–H groups in total. The van der Waals surface area contributed by atoms with Crippen molar-refractivity contribution in [2.24, 2.45) is 0 Å². The van der Waals surface area contributed by atoms with E-state index in [1.807, 2.05) is 24.3 Å². The highest BCUT2D eigenvalue weighted by molar-refractivity contribution is 5.89. The molecule has 0 saturated carbocycles. The van der Waals surface area contributed by atoms with Crippen molar-refractivity contribution >= 4 is 17.3 Å². The fraction of sp³-hybridized carbons (Fsp3) is 0.190. The van der Waals surface area contributed by atoms with Crippen LogP contribution in [0.3, 0.4) is 0 Å². The number of hydrogen-bond donors (Lipinski definition) is 2. The smallest absolute Gasteiger partial charge is 0.337 e. The van der Waals surface area contributed by atoms with Crippen molar-refractivity contribution in [3.63, 3.8) is 0 Å². The zero-order chi connectivity index (χ0) is 20.6. The summed E-state index contributed by atoms with van der Waals surface area (Å²) in [6, 6.07) is 17.3. The average Bonchev–Trinajstić information content (AvgIpc) is 3.22. The molecule has 8 nitrogen and oxygen atoms in total. The van der Waals surface area contributed by atoms with E-state index in [0.29, 0.717) is 12.1 Å². The Morgan fingerprint density at radius 2 is 1.83 bits per heavy atom. The molecule has 1 aromatic heterocycles. The summed E-state index contributed by atoms with van der Waals surface area (Å²) in [5.74, 6) is 1.23. The Bertz CT molecular complexity index is 965. The number of anilines is 1. The number of quaternary nitrogens is 1. The number of carbonyl (C=O) groups excluding carboxylic acids is 1. The molecule has 3 rings (SSSR count). The second kappa shape index (κ2) is 9.52. The minimum Gasteiger partial charge on any atom is -0.465 e. The summed E-state index contributed by atoms with van der Waals surface area (Å²) < 4.78 is 10.6. The molecule has 0 spiro atoms. The Morgan fingerprint density at radius 3 is 2.48 bits per heavy atom. The third-order valence-electron chi connectivity index (χ3n) is 4.35. The molecule has 0 saturated heterocycles.